The van der Waals surface area contributed by atoms with Crippen LogP contribution in [0.4, 0.5) is 55.3 Å². The van der Waals surface area contributed by atoms with E-state index in [4.69, 9.17) is 26.8 Å². The summed E-state index contributed by atoms with van der Waals surface area (Å²) < 4.78 is 86.0. The van der Waals surface area contributed by atoms with Gasteiger partial charge in [-0.1, -0.05) is 0 Å². The number of fused-ring (bicyclic) bond motifs is 2. The highest BCUT2D eigenvalue weighted by Gasteiger charge is 2.36. The Hall–Kier alpha value is -5.79. The van der Waals surface area contributed by atoms with Crippen LogP contribution in [0.1, 0.15) is 43.0 Å². The Morgan fingerprint density at radius 1 is 0.755 bits per heavy atom. The topological polar surface area (TPSA) is 173 Å². The number of alkyl halides is 6. The highest BCUT2D eigenvalue weighted by atomic mass is 35.5. The minimum atomic E-state index is -4.56. The first kappa shape index (κ1) is 40.0. The van der Waals surface area contributed by atoms with E-state index >= 15 is 0 Å². The van der Waals surface area contributed by atoms with Gasteiger partial charge in [-0.2, -0.15) is 31.3 Å². The highest BCUT2D eigenvalue weighted by molar-refractivity contribution is 6.28. The van der Waals surface area contributed by atoms with Crippen LogP contribution >= 0.6 is 11.6 Å². The molecule has 0 fully saturated rings. The lowest BCUT2D eigenvalue weighted by atomic mass is 10.1. The van der Waals surface area contributed by atoms with Crippen LogP contribution in [0.25, 0.3) is 0 Å². The van der Waals surface area contributed by atoms with E-state index in [9.17, 15) is 35.9 Å². The number of nitrogens with two attached hydrogens (primary N) is 1. The quantitative estimate of drug-likeness (QED) is 0.104. The molecule has 0 aliphatic carbocycles. The first-order chi connectivity index (χ1) is 24.9. The van der Waals surface area contributed by atoms with Gasteiger partial charge < -0.3 is 41.0 Å². The number of anilines is 5. The molecule has 2 aromatic carbocycles. The molecule has 5 N–H and O–H groups in total. The van der Waals surface area contributed by atoms with Crippen molar-refractivity contribution < 1.29 is 45.4 Å². The largest absolute Gasteiger partial charge is 0.494 e. The molecule has 2 aromatic heterocycles. The van der Waals surface area contributed by atoms with Crippen molar-refractivity contribution in [2.75, 3.05) is 64.1 Å². The predicted molar refractivity (Wildman–Crippen MR) is 183 cm³/mol. The van der Waals surface area contributed by atoms with E-state index in [2.05, 4.69) is 35.9 Å². The predicted octanol–water partition coefficient (Wildman–Crippen LogP) is 5.93. The van der Waals surface area contributed by atoms with Gasteiger partial charge in [0.15, 0.2) is 0 Å². The van der Waals surface area contributed by atoms with Crippen LogP contribution in [0.5, 0.6) is 11.5 Å². The van der Waals surface area contributed by atoms with Crippen LogP contribution in [-0.2, 0) is 25.4 Å². The molecule has 4 aromatic rings. The van der Waals surface area contributed by atoms with Crippen molar-refractivity contribution in [3.05, 3.63) is 75.3 Å². The lowest BCUT2D eigenvalue weighted by Gasteiger charge is -2.15. The van der Waals surface area contributed by atoms with Crippen molar-refractivity contribution in [3.8, 4) is 11.5 Å². The number of hydrogen-bond acceptors (Lipinski definition) is 12. The number of amides is 2. The van der Waals surface area contributed by atoms with Gasteiger partial charge in [-0.15, -0.1) is 0 Å². The maximum atomic E-state index is 12.9. The second-order valence-electron chi connectivity index (χ2n) is 11.2. The van der Waals surface area contributed by atoms with Crippen molar-refractivity contribution in [2.45, 2.75) is 25.4 Å². The molecule has 2 amide bonds. The minimum absolute atomic E-state index is 0.0262. The van der Waals surface area contributed by atoms with E-state index < -0.39 is 23.5 Å². The molecule has 0 bridgehead atoms. The van der Waals surface area contributed by atoms with Crippen molar-refractivity contribution in [3.63, 3.8) is 0 Å². The van der Waals surface area contributed by atoms with Gasteiger partial charge in [-0.25, -0.2) is 15.0 Å². The molecule has 6 rings (SSSR count). The number of hydrogen-bond donors (Lipinski definition) is 4. The lowest BCUT2D eigenvalue weighted by Crippen LogP contribution is -2.17. The van der Waals surface area contributed by atoms with E-state index in [1.807, 2.05) is 0 Å². The Morgan fingerprint density at radius 3 is 1.72 bits per heavy atom. The zero-order valence-electron chi connectivity index (χ0n) is 28.9. The zero-order chi connectivity index (χ0) is 39.4. The minimum Gasteiger partial charge on any atom is -0.494 e. The van der Waals surface area contributed by atoms with Crippen molar-refractivity contribution in [2.24, 2.45) is 0 Å². The number of nitrogens with zero attached hydrogens (tertiary/aromatic N) is 6. The van der Waals surface area contributed by atoms with Gasteiger partial charge >= 0.3 is 12.4 Å². The van der Waals surface area contributed by atoms with E-state index in [1.54, 1.807) is 55.3 Å². The van der Waals surface area contributed by atoms with E-state index in [-0.39, 0.29) is 34.7 Å². The summed E-state index contributed by atoms with van der Waals surface area (Å²) in [6.07, 6.45) is -7.69. The summed E-state index contributed by atoms with van der Waals surface area (Å²) in [5.74, 6) is 0.261. The number of carbonyl (C=O) groups is 2. The Kier molecular flexibility index (Phi) is 12.0. The van der Waals surface area contributed by atoms with Crippen molar-refractivity contribution >= 4 is 52.4 Å². The number of benzene rings is 2. The summed E-state index contributed by atoms with van der Waals surface area (Å²) in [5, 5.41) is 7.33. The number of ether oxygens (including phenoxy) is 2. The molecule has 0 spiro atoms. The number of rotatable bonds is 6. The SMILES string of the molecule is CNc1nc(Cl)ncc1C(F)(F)F.CNc1nc(Nc2ccc3c(c2OC)CN(C)C3=O)ncc1C(F)(F)F.COc1c(N)ccc2c1CN(C)C2=O. The fourth-order valence-electron chi connectivity index (χ4n) is 5.31. The molecule has 2 aliphatic rings. The third kappa shape index (κ3) is 8.65. The summed E-state index contributed by atoms with van der Waals surface area (Å²) in [6, 6.07) is 6.69. The fourth-order valence-corrected chi connectivity index (χ4v) is 5.44. The Bertz CT molecular complexity index is 2020. The highest BCUT2D eigenvalue weighted by Crippen LogP contribution is 2.39. The van der Waals surface area contributed by atoms with Gasteiger partial charge in [0.1, 0.15) is 34.3 Å². The summed E-state index contributed by atoms with van der Waals surface area (Å²) in [7, 11) is 9.13. The molecule has 284 valence electrons. The Labute approximate surface area is 303 Å². The van der Waals surface area contributed by atoms with Gasteiger partial charge in [0.25, 0.3) is 11.8 Å². The molecule has 0 atom stereocenters. The first-order valence-electron chi connectivity index (χ1n) is 15.2. The standard InChI is InChI=1S/C16H16F3N5O2.C10H12N2O2.C6H5ClF3N3/c1-20-13-10(16(17,18)19)6-21-15(23-13)22-11-5-4-8-9(12(11)26-3)7-24(2)14(8)25;1-12-5-7-6(10(12)13)3-4-8(11)9(7)14-2;1-11-4-3(6(8,9)10)2-12-5(7)13-4/h4-6H,7H2,1-3H3,(H2,20,21,22,23);3-4H,5,11H2,1-2H3;2H,1H3,(H,11,12,13). The Balaban J connectivity index is 0.000000196. The Morgan fingerprint density at radius 2 is 1.23 bits per heavy atom. The lowest BCUT2D eigenvalue weighted by molar-refractivity contribution is -0.138. The smallest absolute Gasteiger partial charge is 0.421 e. The third-order valence-corrected chi connectivity index (χ3v) is 7.97. The van der Waals surface area contributed by atoms with Gasteiger partial charge in [-0.05, 0) is 35.9 Å². The second-order valence-corrected chi connectivity index (χ2v) is 11.5. The summed E-state index contributed by atoms with van der Waals surface area (Å²) in [4.78, 5) is 41.1. The van der Waals surface area contributed by atoms with Crippen molar-refractivity contribution in [1.82, 2.24) is 29.7 Å². The second kappa shape index (κ2) is 15.8. The van der Waals surface area contributed by atoms with Crippen LogP contribution < -0.4 is 31.2 Å². The van der Waals surface area contributed by atoms with Gasteiger partial charge in [0, 0.05) is 62.8 Å². The number of methoxy groups -OCH3 is 2. The summed E-state index contributed by atoms with van der Waals surface area (Å²) in [5.41, 5.74) is 7.69. The summed E-state index contributed by atoms with van der Waals surface area (Å²) in [6.45, 7) is 0.949. The van der Waals surface area contributed by atoms with Crippen molar-refractivity contribution in [1.29, 1.82) is 0 Å². The number of carbonyl (C=O) groups excluding carboxylic acids is 2. The van der Waals surface area contributed by atoms with Crippen LogP contribution in [0.2, 0.25) is 5.28 Å². The number of nitrogens with one attached hydrogen (secondary N) is 3. The molecule has 14 nitrogen and oxygen atoms in total. The molecule has 0 unspecified atom stereocenters. The zero-order valence-corrected chi connectivity index (χ0v) is 29.7. The molecule has 0 saturated carbocycles. The molecule has 4 heterocycles. The fraction of sp³-hybridized carbons (Fsp3) is 0.312. The van der Waals surface area contributed by atoms with Crippen LogP contribution in [0.15, 0.2) is 36.7 Å². The molecule has 0 saturated heterocycles. The number of nitrogen functional groups attached to an aromatic ring is 1. The average molecular weight is 771 g/mol. The third-order valence-electron chi connectivity index (χ3n) is 7.78. The van der Waals surface area contributed by atoms with E-state index in [1.165, 1.54) is 21.2 Å². The van der Waals surface area contributed by atoms with Gasteiger partial charge in [0.05, 0.1) is 38.7 Å². The molecule has 21 heteroatoms. The molecule has 53 heavy (non-hydrogen) atoms. The molecular weight excluding hydrogens is 738 g/mol. The maximum absolute atomic E-state index is 12.9. The normalized spacial score (nSPS) is 13.3. The van der Waals surface area contributed by atoms with Crippen LogP contribution in [0, 0.1) is 0 Å². The average Bonchev–Trinajstić information content (AvgIpc) is 3.56. The number of halogens is 7. The number of aromatic nitrogens is 4. The monoisotopic (exact) mass is 770 g/mol. The van der Waals surface area contributed by atoms with Gasteiger partial charge in [0.2, 0.25) is 11.2 Å². The molecule has 0 radical (unpaired) electrons. The molecule has 2 aliphatic heterocycles. The van der Waals surface area contributed by atoms with E-state index in [0.29, 0.717) is 65.0 Å². The van der Waals surface area contributed by atoms with Gasteiger partial charge in [-0.3, -0.25) is 9.59 Å². The summed E-state index contributed by atoms with van der Waals surface area (Å²) >= 11 is 5.32. The van der Waals surface area contributed by atoms with E-state index in [0.717, 1.165) is 5.56 Å². The van der Waals surface area contributed by atoms with Crippen LogP contribution in [0.3, 0.4) is 0 Å². The van der Waals surface area contributed by atoms with Crippen LogP contribution in [-0.4, -0.2) is 84.0 Å². The maximum Gasteiger partial charge on any atom is 0.421 e. The molecular formula is C32H33ClF6N10O4. The first-order valence-corrected chi connectivity index (χ1v) is 15.6.